The lowest BCUT2D eigenvalue weighted by molar-refractivity contribution is -0.113. The maximum atomic E-state index is 11.8. The molecule has 0 aromatic carbocycles. The number of rotatable bonds is 6. The highest BCUT2D eigenvalue weighted by Crippen LogP contribution is 2.26. The lowest BCUT2D eigenvalue weighted by atomic mass is 10.4. The summed E-state index contributed by atoms with van der Waals surface area (Å²) in [5.41, 5.74) is 0.865. The molecule has 8 nitrogen and oxygen atoms in total. The van der Waals surface area contributed by atoms with Gasteiger partial charge in [-0.1, -0.05) is 23.1 Å². The normalized spacial score (nSPS) is 10.5. The van der Waals surface area contributed by atoms with Crippen molar-refractivity contribution in [2.45, 2.75) is 11.3 Å². The fourth-order valence-corrected chi connectivity index (χ4v) is 3.83. The highest BCUT2D eigenvalue weighted by molar-refractivity contribution is 8.01. The third-order valence-electron chi connectivity index (χ3n) is 2.56. The third kappa shape index (κ3) is 4.40. The number of nitrogens with zero attached hydrogens (tertiary/aromatic N) is 3. The number of thioether (sulfide) groups is 1. The molecule has 2 amide bonds. The topological polar surface area (TPSA) is 110 Å². The van der Waals surface area contributed by atoms with E-state index in [0.717, 1.165) is 5.69 Å². The van der Waals surface area contributed by atoms with Crippen molar-refractivity contribution in [1.82, 2.24) is 15.2 Å². The average Bonchev–Trinajstić information content (AvgIpc) is 3.27. The Kier molecular flexibility index (Phi) is 5.23. The van der Waals surface area contributed by atoms with Crippen molar-refractivity contribution in [3.63, 3.8) is 0 Å². The van der Waals surface area contributed by atoms with Crippen molar-refractivity contribution in [3.8, 4) is 0 Å². The van der Waals surface area contributed by atoms with E-state index in [9.17, 15) is 9.59 Å². The van der Waals surface area contributed by atoms with E-state index < -0.39 is 5.91 Å². The molecule has 0 saturated carbocycles. The molecule has 24 heavy (non-hydrogen) atoms. The molecule has 3 aromatic rings. The van der Waals surface area contributed by atoms with Crippen molar-refractivity contribution >= 4 is 56.5 Å². The number of aromatic nitrogens is 3. The van der Waals surface area contributed by atoms with Gasteiger partial charge in [0, 0.05) is 5.38 Å². The zero-order valence-corrected chi connectivity index (χ0v) is 14.8. The molecular weight excluding hydrogens is 370 g/mol. The van der Waals surface area contributed by atoms with Gasteiger partial charge in [-0.05, 0) is 19.1 Å². The minimum absolute atomic E-state index is 0.175. The predicted octanol–water partition coefficient (Wildman–Crippen LogP) is 2.88. The number of thiazole rings is 1. The number of amides is 2. The molecular formula is C13H11N5O3S3. The fourth-order valence-electron chi connectivity index (χ4n) is 1.58. The number of aryl methyl sites for hydroxylation is 1. The molecule has 0 radical (unpaired) electrons. The molecule has 124 valence electrons. The maximum Gasteiger partial charge on any atom is 0.293 e. The molecule has 0 aliphatic heterocycles. The molecule has 0 aliphatic rings. The number of nitrogens with one attached hydrogen (secondary N) is 2. The van der Waals surface area contributed by atoms with Crippen molar-refractivity contribution < 1.29 is 14.0 Å². The minimum Gasteiger partial charge on any atom is -0.459 e. The molecule has 11 heteroatoms. The Bertz CT molecular complexity index is 843. The molecule has 0 spiro atoms. The van der Waals surface area contributed by atoms with Gasteiger partial charge in [0.1, 0.15) is 0 Å². The van der Waals surface area contributed by atoms with Gasteiger partial charge in [-0.15, -0.1) is 21.5 Å². The number of furan rings is 1. The smallest absolute Gasteiger partial charge is 0.293 e. The van der Waals surface area contributed by atoms with Crippen LogP contribution in [0.2, 0.25) is 0 Å². The van der Waals surface area contributed by atoms with Crippen LogP contribution < -0.4 is 10.6 Å². The Morgan fingerprint density at radius 1 is 1.29 bits per heavy atom. The molecule has 0 fully saturated rings. The van der Waals surface area contributed by atoms with Crippen molar-refractivity contribution in [2.75, 3.05) is 16.4 Å². The first-order valence-electron chi connectivity index (χ1n) is 6.63. The predicted molar refractivity (Wildman–Crippen MR) is 92.8 cm³/mol. The van der Waals surface area contributed by atoms with E-state index in [0.29, 0.717) is 14.6 Å². The van der Waals surface area contributed by atoms with Gasteiger partial charge in [0.05, 0.1) is 17.7 Å². The molecule has 0 atom stereocenters. The summed E-state index contributed by atoms with van der Waals surface area (Å²) in [7, 11) is 0. The van der Waals surface area contributed by atoms with Crippen LogP contribution in [-0.4, -0.2) is 32.7 Å². The van der Waals surface area contributed by atoms with Crippen LogP contribution in [0.15, 0.2) is 32.5 Å². The van der Waals surface area contributed by atoms with Gasteiger partial charge in [0.25, 0.3) is 5.91 Å². The van der Waals surface area contributed by atoms with Crippen LogP contribution in [0.25, 0.3) is 0 Å². The molecule has 0 bridgehead atoms. The summed E-state index contributed by atoms with van der Waals surface area (Å²) in [6, 6.07) is 3.18. The van der Waals surface area contributed by atoms with Crippen LogP contribution in [0.1, 0.15) is 16.2 Å². The van der Waals surface area contributed by atoms with Crippen LogP contribution in [-0.2, 0) is 4.79 Å². The maximum absolute atomic E-state index is 11.8. The van der Waals surface area contributed by atoms with E-state index in [4.69, 9.17) is 4.42 Å². The minimum atomic E-state index is -0.399. The molecule has 3 aromatic heterocycles. The quantitative estimate of drug-likeness (QED) is 0.499. The number of anilines is 2. The van der Waals surface area contributed by atoms with E-state index >= 15 is 0 Å². The fraction of sp³-hybridized carbons (Fsp3) is 0.154. The van der Waals surface area contributed by atoms with Crippen molar-refractivity contribution in [3.05, 3.63) is 35.2 Å². The number of carbonyl (C=O) groups excluding carboxylic acids is 2. The summed E-state index contributed by atoms with van der Waals surface area (Å²) in [4.78, 5) is 27.8. The van der Waals surface area contributed by atoms with E-state index in [2.05, 4.69) is 25.8 Å². The van der Waals surface area contributed by atoms with Gasteiger partial charge in [0.15, 0.2) is 15.2 Å². The average molecular weight is 381 g/mol. The Morgan fingerprint density at radius 3 is 2.88 bits per heavy atom. The third-order valence-corrected chi connectivity index (χ3v) is 5.41. The van der Waals surface area contributed by atoms with Gasteiger partial charge in [-0.25, -0.2) is 4.98 Å². The summed E-state index contributed by atoms with van der Waals surface area (Å²) in [5, 5.41) is 15.9. The largest absolute Gasteiger partial charge is 0.459 e. The first kappa shape index (κ1) is 16.6. The molecule has 3 rings (SSSR count). The summed E-state index contributed by atoms with van der Waals surface area (Å²) >= 11 is 3.80. The molecule has 0 saturated heterocycles. The second kappa shape index (κ2) is 7.55. The lowest BCUT2D eigenvalue weighted by Crippen LogP contribution is -2.13. The Balaban J connectivity index is 1.49. The number of carbonyl (C=O) groups is 2. The molecule has 0 aliphatic carbocycles. The summed E-state index contributed by atoms with van der Waals surface area (Å²) < 4.78 is 5.57. The Morgan fingerprint density at radius 2 is 2.17 bits per heavy atom. The second-order valence-corrected chi connectivity index (χ2v) is 7.49. The molecule has 3 heterocycles. The summed E-state index contributed by atoms with van der Waals surface area (Å²) in [6.07, 6.45) is 1.42. The zero-order chi connectivity index (χ0) is 16.9. The summed E-state index contributed by atoms with van der Waals surface area (Å²) in [5.74, 6) is -0.202. The first-order chi connectivity index (χ1) is 11.6. The molecule has 0 unspecified atom stereocenters. The summed E-state index contributed by atoms with van der Waals surface area (Å²) in [6.45, 7) is 1.86. The van der Waals surface area contributed by atoms with Crippen LogP contribution in [0.4, 0.5) is 10.3 Å². The van der Waals surface area contributed by atoms with Crippen LogP contribution in [0.5, 0.6) is 0 Å². The van der Waals surface area contributed by atoms with Crippen molar-refractivity contribution in [1.29, 1.82) is 0 Å². The highest BCUT2D eigenvalue weighted by atomic mass is 32.2. The van der Waals surface area contributed by atoms with Crippen LogP contribution >= 0.6 is 34.4 Å². The lowest BCUT2D eigenvalue weighted by Gasteiger charge is -1.99. The number of hydrogen-bond donors (Lipinski definition) is 2. The second-order valence-electron chi connectivity index (χ2n) is 4.44. The van der Waals surface area contributed by atoms with Gasteiger partial charge >= 0.3 is 0 Å². The van der Waals surface area contributed by atoms with Crippen LogP contribution in [0.3, 0.4) is 0 Å². The van der Waals surface area contributed by atoms with E-state index in [1.54, 1.807) is 12.1 Å². The Hall–Kier alpha value is -2.24. The number of hydrogen-bond acceptors (Lipinski definition) is 9. The highest BCUT2D eigenvalue weighted by Gasteiger charge is 2.13. The monoisotopic (exact) mass is 381 g/mol. The Labute approximate surface area is 148 Å². The van der Waals surface area contributed by atoms with E-state index in [-0.39, 0.29) is 17.4 Å². The van der Waals surface area contributed by atoms with E-state index in [1.807, 2.05) is 12.3 Å². The van der Waals surface area contributed by atoms with Crippen molar-refractivity contribution in [2.24, 2.45) is 0 Å². The zero-order valence-electron chi connectivity index (χ0n) is 12.3. The van der Waals surface area contributed by atoms with Gasteiger partial charge in [-0.2, -0.15) is 0 Å². The SMILES string of the molecule is Cc1csc(NC(=O)CSc2nnc(NC(=O)c3ccco3)s2)n1. The molecule has 2 N–H and O–H groups in total. The van der Waals surface area contributed by atoms with Gasteiger partial charge in [-0.3, -0.25) is 14.9 Å². The van der Waals surface area contributed by atoms with Crippen LogP contribution in [0, 0.1) is 6.92 Å². The van der Waals surface area contributed by atoms with E-state index in [1.165, 1.54) is 40.7 Å². The van der Waals surface area contributed by atoms with Gasteiger partial charge < -0.3 is 9.73 Å². The first-order valence-corrected chi connectivity index (χ1v) is 9.31. The van der Waals surface area contributed by atoms with Gasteiger partial charge in [0.2, 0.25) is 11.0 Å². The standard InChI is InChI=1S/C13H11N5O3S3/c1-7-5-22-11(14-7)15-9(19)6-23-13-18-17-12(24-13)16-10(20)8-3-2-4-21-8/h2-5H,6H2,1H3,(H,14,15,19)(H,16,17,20).